The number of carbonyl (C=O) groups excluding carboxylic acids is 1. The van der Waals surface area contributed by atoms with Crippen LogP contribution in [0.15, 0.2) is 0 Å². The fourth-order valence-electron chi connectivity index (χ4n) is 2.30. The summed E-state index contributed by atoms with van der Waals surface area (Å²) in [6, 6.07) is 0. The van der Waals surface area contributed by atoms with E-state index in [0.717, 1.165) is 37.8 Å². The quantitative estimate of drug-likeness (QED) is 0.760. The molecule has 1 aliphatic heterocycles. The number of likely N-dealkylation sites (tertiary alicyclic amines) is 1. The van der Waals surface area contributed by atoms with Gasteiger partial charge >= 0.3 is 6.09 Å². The molecule has 0 bridgehead atoms. The highest BCUT2D eigenvalue weighted by Gasteiger charge is 2.26. The molecule has 0 atom stereocenters. The molecular weight excluding hydrogens is 226 g/mol. The molecule has 18 heavy (non-hydrogen) atoms. The van der Waals surface area contributed by atoms with Crippen molar-refractivity contribution in [2.75, 3.05) is 13.1 Å². The van der Waals surface area contributed by atoms with Crippen LogP contribution in [0.4, 0.5) is 4.79 Å². The molecular formula is C15H29NO2. The third-order valence-corrected chi connectivity index (χ3v) is 3.42. The third-order valence-electron chi connectivity index (χ3n) is 3.42. The lowest BCUT2D eigenvalue weighted by Gasteiger charge is -2.33. The minimum absolute atomic E-state index is 0.148. The summed E-state index contributed by atoms with van der Waals surface area (Å²) in [5.41, 5.74) is -0.383. The highest BCUT2D eigenvalue weighted by Crippen LogP contribution is 2.24. The number of amides is 1. The molecule has 0 N–H and O–H groups in total. The van der Waals surface area contributed by atoms with Gasteiger partial charge in [0.05, 0.1) is 0 Å². The number of hydrogen-bond donors (Lipinski definition) is 0. The molecule has 0 aromatic carbocycles. The number of ether oxygens (including phenoxy) is 1. The van der Waals surface area contributed by atoms with Crippen LogP contribution < -0.4 is 0 Å². The van der Waals surface area contributed by atoms with Crippen LogP contribution >= 0.6 is 0 Å². The van der Waals surface area contributed by atoms with Crippen molar-refractivity contribution in [3.05, 3.63) is 0 Å². The number of hydrogen-bond acceptors (Lipinski definition) is 2. The zero-order valence-corrected chi connectivity index (χ0v) is 12.7. The first-order valence-electron chi connectivity index (χ1n) is 7.26. The van der Waals surface area contributed by atoms with E-state index in [-0.39, 0.29) is 11.7 Å². The van der Waals surface area contributed by atoms with Crippen molar-refractivity contribution in [2.24, 2.45) is 11.8 Å². The molecule has 0 unspecified atom stereocenters. The second kappa shape index (κ2) is 6.44. The Kier molecular flexibility index (Phi) is 5.48. The summed E-state index contributed by atoms with van der Waals surface area (Å²) in [5.74, 6) is 1.58. The van der Waals surface area contributed by atoms with Crippen molar-refractivity contribution < 1.29 is 9.53 Å². The Morgan fingerprint density at radius 2 is 1.83 bits per heavy atom. The van der Waals surface area contributed by atoms with Crippen LogP contribution in [0.5, 0.6) is 0 Å². The second-order valence-corrected chi connectivity index (χ2v) is 6.88. The Labute approximate surface area is 112 Å². The molecule has 0 radical (unpaired) electrons. The lowest BCUT2D eigenvalue weighted by molar-refractivity contribution is 0.0179. The number of piperidine rings is 1. The average Bonchev–Trinajstić information content (AvgIpc) is 2.24. The van der Waals surface area contributed by atoms with Crippen molar-refractivity contribution in [2.45, 2.75) is 65.9 Å². The highest BCUT2D eigenvalue weighted by molar-refractivity contribution is 5.68. The van der Waals surface area contributed by atoms with Gasteiger partial charge in [0, 0.05) is 13.1 Å². The van der Waals surface area contributed by atoms with E-state index in [1.54, 1.807) is 0 Å². The van der Waals surface area contributed by atoms with Gasteiger partial charge in [0.1, 0.15) is 5.60 Å². The van der Waals surface area contributed by atoms with E-state index >= 15 is 0 Å². The van der Waals surface area contributed by atoms with Gasteiger partial charge in [-0.05, 0) is 45.4 Å². The molecule has 1 rings (SSSR count). The summed E-state index contributed by atoms with van der Waals surface area (Å²) < 4.78 is 5.40. The van der Waals surface area contributed by atoms with Crippen molar-refractivity contribution in [1.29, 1.82) is 0 Å². The van der Waals surface area contributed by atoms with E-state index in [1.165, 1.54) is 12.8 Å². The number of rotatable bonds is 3. The van der Waals surface area contributed by atoms with Crippen molar-refractivity contribution in [3.8, 4) is 0 Å². The van der Waals surface area contributed by atoms with Crippen molar-refractivity contribution in [1.82, 2.24) is 4.90 Å². The summed E-state index contributed by atoms with van der Waals surface area (Å²) in [6.45, 7) is 12.0. The van der Waals surface area contributed by atoms with Crippen LogP contribution in [0, 0.1) is 11.8 Å². The predicted molar refractivity (Wildman–Crippen MR) is 74.6 cm³/mol. The molecule has 106 valence electrons. The maximum absolute atomic E-state index is 11.9. The number of nitrogens with zero attached hydrogens (tertiary/aromatic N) is 1. The second-order valence-electron chi connectivity index (χ2n) is 6.88. The summed E-state index contributed by atoms with van der Waals surface area (Å²) in [7, 11) is 0. The van der Waals surface area contributed by atoms with Gasteiger partial charge in [-0.1, -0.05) is 26.7 Å². The van der Waals surface area contributed by atoms with E-state index in [4.69, 9.17) is 4.74 Å². The van der Waals surface area contributed by atoms with Crippen molar-refractivity contribution in [3.63, 3.8) is 0 Å². The van der Waals surface area contributed by atoms with E-state index < -0.39 is 0 Å². The van der Waals surface area contributed by atoms with Gasteiger partial charge in [-0.15, -0.1) is 0 Å². The maximum atomic E-state index is 11.9. The van der Waals surface area contributed by atoms with Gasteiger partial charge in [0.15, 0.2) is 0 Å². The van der Waals surface area contributed by atoms with Crippen LogP contribution in [-0.2, 0) is 4.74 Å². The topological polar surface area (TPSA) is 29.5 Å². The fraction of sp³-hybridized carbons (Fsp3) is 0.933. The molecule has 1 heterocycles. The summed E-state index contributed by atoms with van der Waals surface area (Å²) >= 11 is 0. The van der Waals surface area contributed by atoms with E-state index in [0.29, 0.717) is 0 Å². The Morgan fingerprint density at radius 3 is 2.28 bits per heavy atom. The molecule has 0 aliphatic carbocycles. The summed E-state index contributed by atoms with van der Waals surface area (Å²) in [5, 5.41) is 0. The Hall–Kier alpha value is -0.730. The SMILES string of the molecule is CC(C)CCC1CCN(C(=O)OC(C)(C)C)CC1. The molecule has 1 saturated heterocycles. The van der Waals surface area contributed by atoms with Crippen LogP contribution in [-0.4, -0.2) is 29.7 Å². The van der Waals surface area contributed by atoms with E-state index in [1.807, 2.05) is 25.7 Å². The first-order chi connectivity index (χ1) is 8.28. The summed E-state index contributed by atoms with van der Waals surface area (Å²) in [4.78, 5) is 13.7. The monoisotopic (exact) mass is 255 g/mol. The maximum Gasteiger partial charge on any atom is 0.410 e. The predicted octanol–water partition coefficient (Wildman–Crippen LogP) is 4.07. The van der Waals surface area contributed by atoms with E-state index in [2.05, 4.69) is 13.8 Å². The summed E-state index contributed by atoms with van der Waals surface area (Å²) in [6.07, 6.45) is 4.72. The van der Waals surface area contributed by atoms with Crippen LogP contribution in [0.2, 0.25) is 0 Å². The van der Waals surface area contributed by atoms with Gasteiger partial charge in [0.2, 0.25) is 0 Å². The first-order valence-corrected chi connectivity index (χ1v) is 7.26. The van der Waals surface area contributed by atoms with Crippen LogP contribution in [0.25, 0.3) is 0 Å². The third kappa shape index (κ3) is 5.74. The smallest absolute Gasteiger partial charge is 0.410 e. The van der Waals surface area contributed by atoms with Gasteiger partial charge < -0.3 is 9.64 Å². The minimum Gasteiger partial charge on any atom is -0.444 e. The molecule has 3 heteroatoms. The Balaban J connectivity index is 2.28. The van der Waals surface area contributed by atoms with Gasteiger partial charge in [-0.2, -0.15) is 0 Å². The van der Waals surface area contributed by atoms with E-state index in [9.17, 15) is 4.79 Å². The zero-order chi connectivity index (χ0) is 13.8. The van der Waals surface area contributed by atoms with Gasteiger partial charge in [-0.25, -0.2) is 4.79 Å². The zero-order valence-electron chi connectivity index (χ0n) is 12.7. The average molecular weight is 255 g/mol. The lowest BCUT2D eigenvalue weighted by Crippen LogP contribution is -2.41. The van der Waals surface area contributed by atoms with Crippen molar-refractivity contribution >= 4 is 6.09 Å². The van der Waals surface area contributed by atoms with Crippen LogP contribution in [0.3, 0.4) is 0 Å². The van der Waals surface area contributed by atoms with Gasteiger partial charge in [0.25, 0.3) is 0 Å². The Morgan fingerprint density at radius 1 is 1.28 bits per heavy atom. The normalized spacial score (nSPS) is 18.2. The molecule has 0 aromatic heterocycles. The highest BCUT2D eigenvalue weighted by atomic mass is 16.6. The molecule has 1 fully saturated rings. The fourth-order valence-corrected chi connectivity index (χ4v) is 2.30. The number of carbonyl (C=O) groups is 1. The molecule has 0 saturated carbocycles. The lowest BCUT2D eigenvalue weighted by atomic mass is 9.90. The minimum atomic E-state index is -0.383. The molecule has 0 aromatic rings. The largest absolute Gasteiger partial charge is 0.444 e. The molecule has 0 spiro atoms. The first kappa shape index (κ1) is 15.3. The molecule has 1 aliphatic rings. The molecule has 3 nitrogen and oxygen atoms in total. The Bertz CT molecular complexity index is 260. The standard InChI is InChI=1S/C15H29NO2/c1-12(2)6-7-13-8-10-16(11-9-13)14(17)18-15(3,4)5/h12-13H,6-11H2,1-5H3. The van der Waals surface area contributed by atoms with Gasteiger partial charge in [-0.3, -0.25) is 0 Å². The van der Waals surface area contributed by atoms with Crippen LogP contribution in [0.1, 0.15) is 60.3 Å². The molecule has 1 amide bonds.